The third-order valence-electron chi connectivity index (χ3n) is 4.25. The first-order valence-electron chi connectivity index (χ1n) is 7.59. The van der Waals surface area contributed by atoms with Gasteiger partial charge >= 0.3 is 5.63 Å². The Morgan fingerprint density at radius 3 is 2.78 bits per heavy atom. The van der Waals surface area contributed by atoms with E-state index < -0.39 is 0 Å². The molecule has 0 saturated heterocycles. The lowest BCUT2D eigenvalue weighted by atomic mass is 10.0. The Morgan fingerprint density at radius 2 is 1.96 bits per heavy atom. The van der Waals surface area contributed by atoms with Crippen molar-refractivity contribution < 1.29 is 13.9 Å². The van der Waals surface area contributed by atoms with Gasteiger partial charge in [-0.05, 0) is 23.6 Å². The summed E-state index contributed by atoms with van der Waals surface area (Å²) in [7, 11) is 1.68. The molecule has 0 spiro atoms. The monoisotopic (exact) mass is 311 g/mol. The molecule has 118 valence electrons. The van der Waals surface area contributed by atoms with Gasteiger partial charge in [0.1, 0.15) is 18.1 Å². The minimum atomic E-state index is -0.310. The fraction of sp³-hybridized carbons (Fsp3) is 0.278. The Morgan fingerprint density at radius 1 is 1.13 bits per heavy atom. The molecule has 5 nitrogen and oxygen atoms in total. The number of ether oxygens (including phenoxy) is 2. The standard InChI is InChI=1S/C18H17NO4/c1-21-9-8-19-10-15-16(22-11-19)7-6-13-12-4-2-3-5-14(12)18(20)23-17(13)15/h2-7H,8-11H2,1H3. The Labute approximate surface area is 133 Å². The van der Waals surface area contributed by atoms with Crippen molar-refractivity contribution in [1.29, 1.82) is 0 Å². The summed E-state index contributed by atoms with van der Waals surface area (Å²) in [5.74, 6) is 0.782. The zero-order valence-electron chi connectivity index (χ0n) is 12.9. The predicted octanol–water partition coefficient (Wildman–Crippen LogP) is 2.74. The second-order valence-corrected chi connectivity index (χ2v) is 5.67. The van der Waals surface area contributed by atoms with Gasteiger partial charge in [-0.2, -0.15) is 0 Å². The van der Waals surface area contributed by atoms with Gasteiger partial charge in [0.15, 0.2) is 0 Å². The Hall–Kier alpha value is -2.37. The molecule has 5 heteroatoms. The van der Waals surface area contributed by atoms with Crippen molar-refractivity contribution in [3.63, 3.8) is 0 Å². The van der Waals surface area contributed by atoms with Crippen molar-refractivity contribution in [3.05, 3.63) is 52.4 Å². The first kappa shape index (κ1) is 14.2. The highest BCUT2D eigenvalue weighted by molar-refractivity contribution is 6.05. The van der Waals surface area contributed by atoms with Crippen molar-refractivity contribution in [1.82, 2.24) is 4.90 Å². The van der Waals surface area contributed by atoms with Crippen molar-refractivity contribution >= 4 is 21.7 Å². The number of rotatable bonds is 3. The summed E-state index contributed by atoms with van der Waals surface area (Å²) >= 11 is 0. The van der Waals surface area contributed by atoms with Crippen LogP contribution in [0.1, 0.15) is 5.56 Å². The smallest absolute Gasteiger partial charge is 0.344 e. The lowest BCUT2D eigenvalue weighted by molar-refractivity contribution is 0.0658. The van der Waals surface area contributed by atoms with Crippen molar-refractivity contribution in [2.24, 2.45) is 0 Å². The van der Waals surface area contributed by atoms with E-state index in [0.717, 1.165) is 28.6 Å². The molecule has 0 atom stereocenters. The maximum atomic E-state index is 12.3. The van der Waals surface area contributed by atoms with E-state index in [2.05, 4.69) is 4.90 Å². The van der Waals surface area contributed by atoms with E-state index in [1.165, 1.54) is 0 Å². The van der Waals surface area contributed by atoms with E-state index in [1.54, 1.807) is 13.2 Å². The predicted molar refractivity (Wildman–Crippen MR) is 87.8 cm³/mol. The summed E-state index contributed by atoms with van der Waals surface area (Å²) in [6.07, 6.45) is 0. The third kappa shape index (κ3) is 2.38. The van der Waals surface area contributed by atoms with Gasteiger partial charge in [0.2, 0.25) is 0 Å². The number of methoxy groups -OCH3 is 1. The Balaban J connectivity index is 1.90. The van der Waals surface area contributed by atoms with E-state index in [-0.39, 0.29) is 5.63 Å². The fourth-order valence-electron chi connectivity index (χ4n) is 3.06. The molecule has 0 saturated carbocycles. The van der Waals surface area contributed by atoms with Gasteiger partial charge in [0, 0.05) is 25.6 Å². The van der Waals surface area contributed by atoms with E-state index >= 15 is 0 Å². The van der Waals surface area contributed by atoms with Crippen LogP contribution in [0.4, 0.5) is 0 Å². The van der Waals surface area contributed by atoms with Crippen LogP contribution in [-0.2, 0) is 11.3 Å². The van der Waals surface area contributed by atoms with Crippen LogP contribution in [0.5, 0.6) is 5.75 Å². The molecule has 0 fully saturated rings. The van der Waals surface area contributed by atoms with Gasteiger partial charge < -0.3 is 13.9 Å². The molecule has 2 heterocycles. The van der Waals surface area contributed by atoms with Crippen LogP contribution in [0.15, 0.2) is 45.6 Å². The minimum absolute atomic E-state index is 0.310. The second-order valence-electron chi connectivity index (χ2n) is 5.67. The number of benzene rings is 2. The Bertz CT molecular complexity index is 931. The highest BCUT2D eigenvalue weighted by Crippen LogP contribution is 2.34. The summed E-state index contributed by atoms with van der Waals surface area (Å²) in [5, 5.41) is 2.46. The summed E-state index contributed by atoms with van der Waals surface area (Å²) in [6.45, 7) is 2.59. The van der Waals surface area contributed by atoms with Gasteiger partial charge in [0.25, 0.3) is 0 Å². The first-order valence-corrected chi connectivity index (χ1v) is 7.59. The van der Waals surface area contributed by atoms with Crippen LogP contribution in [0.2, 0.25) is 0 Å². The van der Waals surface area contributed by atoms with E-state index in [9.17, 15) is 4.79 Å². The number of hydrogen-bond donors (Lipinski definition) is 0. The van der Waals surface area contributed by atoms with Crippen LogP contribution in [0.3, 0.4) is 0 Å². The van der Waals surface area contributed by atoms with Crippen LogP contribution in [0, 0.1) is 0 Å². The Kier molecular flexibility index (Phi) is 3.52. The number of fused-ring (bicyclic) bond motifs is 5. The second kappa shape index (κ2) is 5.68. The lowest BCUT2D eigenvalue weighted by Crippen LogP contribution is -2.34. The molecule has 0 unspecified atom stereocenters. The molecule has 0 amide bonds. The van der Waals surface area contributed by atoms with Crippen LogP contribution in [-0.4, -0.2) is 31.9 Å². The van der Waals surface area contributed by atoms with Crippen molar-refractivity contribution in [2.75, 3.05) is 27.0 Å². The molecular weight excluding hydrogens is 294 g/mol. The summed E-state index contributed by atoms with van der Waals surface area (Å²) < 4.78 is 16.6. The van der Waals surface area contributed by atoms with E-state index in [4.69, 9.17) is 13.9 Å². The number of nitrogens with zero attached hydrogens (tertiary/aromatic N) is 1. The van der Waals surface area contributed by atoms with Crippen molar-refractivity contribution in [2.45, 2.75) is 6.54 Å². The normalized spacial score (nSPS) is 14.8. The van der Waals surface area contributed by atoms with Crippen LogP contribution >= 0.6 is 0 Å². The van der Waals surface area contributed by atoms with Gasteiger partial charge in [-0.3, -0.25) is 4.90 Å². The maximum Gasteiger partial charge on any atom is 0.344 e. The molecule has 1 aromatic heterocycles. The molecule has 0 bridgehead atoms. The maximum absolute atomic E-state index is 12.3. The van der Waals surface area contributed by atoms with Gasteiger partial charge in [0.05, 0.1) is 17.6 Å². The van der Waals surface area contributed by atoms with Crippen LogP contribution in [0.25, 0.3) is 21.7 Å². The fourth-order valence-corrected chi connectivity index (χ4v) is 3.06. The van der Waals surface area contributed by atoms with Gasteiger partial charge in [-0.25, -0.2) is 4.79 Å². The minimum Gasteiger partial charge on any atom is -0.478 e. The lowest BCUT2D eigenvalue weighted by Gasteiger charge is -2.29. The first-order chi connectivity index (χ1) is 11.3. The molecule has 1 aliphatic rings. The van der Waals surface area contributed by atoms with Crippen LogP contribution < -0.4 is 10.4 Å². The highest BCUT2D eigenvalue weighted by Gasteiger charge is 2.22. The van der Waals surface area contributed by atoms with Gasteiger partial charge in [-0.1, -0.05) is 18.2 Å². The van der Waals surface area contributed by atoms with E-state index in [0.29, 0.717) is 30.9 Å². The largest absolute Gasteiger partial charge is 0.478 e. The molecule has 4 rings (SSSR count). The molecule has 2 aromatic carbocycles. The zero-order chi connectivity index (χ0) is 15.8. The molecule has 0 radical (unpaired) electrons. The zero-order valence-corrected chi connectivity index (χ0v) is 12.9. The molecular formula is C18H17NO4. The van der Waals surface area contributed by atoms with Crippen molar-refractivity contribution in [3.8, 4) is 5.75 Å². The summed E-state index contributed by atoms with van der Waals surface area (Å²) in [6, 6.07) is 11.4. The van der Waals surface area contributed by atoms with E-state index in [1.807, 2.05) is 30.3 Å². The topological polar surface area (TPSA) is 51.9 Å². The molecule has 0 N–H and O–H groups in total. The summed E-state index contributed by atoms with van der Waals surface area (Å²) in [5.41, 5.74) is 1.23. The number of hydrogen-bond acceptors (Lipinski definition) is 5. The molecule has 0 aliphatic carbocycles. The summed E-state index contributed by atoms with van der Waals surface area (Å²) in [4.78, 5) is 14.4. The quantitative estimate of drug-likeness (QED) is 0.550. The third-order valence-corrected chi connectivity index (χ3v) is 4.25. The average molecular weight is 311 g/mol. The van der Waals surface area contributed by atoms with Gasteiger partial charge in [-0.15, -0.1) is 0 Å². The molecule has 1 aliphatic heterocycles. The molecule has 23 heavy (non-hydrogen) atoms. The highest BCUT2D eigenvalue weighted by atomic mass is 16.5. The molecule has 3 aromatic rings. The SMILES string of the molecule is COCCN1COc2ccc3c(oc(=O)c4ccccc43)c2C1. The average Bonchev–Trinajstić information content (AvgIpc) is 2.60.